The van der Waals surface area contributed by atoms with Gasteiger partial charge in [0.15, 0.2) is 0 Å². The highest BCUT2D eigenvalue weighted by Crippen LogP contribution is 2.29. The van der Waals surface area contributed by atoms with Gasteiger partial charge in [0.25, 0.3) is 5.56 Å². The predicted molar refractivity (Wildman–Crippen MR) is 140 cm³/mol. The number of hydrogen-bond donors (Lipinski definition) is 2. The number of aliphatic hydroxyl groups is 1. The van der Waals surface area contributed by atoms with E-state index < -0.39 is 18.1 Å². The van der Waals surface area contributed by atoms with Gasteiger partial charge in [0, 0.05) is 38.0 Å². The van der Waals surface area contributed by atoms with Crippen molar-refractivity contribution in [2.75, 3.05) is 20.3 Å². The molecule has 0 bridgehead atoms. The fourth-order valence-electron chi connectivity index (χ4n) is 4.24. The molecule has 196 valence electrons. The first-order valence-electron chi connectivity index (χ1n) is 12.3. The summed E-state index contributed by atoms with van der Waals surface area (Å²) in [5.41, 5.74) is 4.08. The Morgan fingerprint density at radius 2 is 1.89 bits per heavy atom. The highest BCUT2D eigenvalue weighted by atomic mass is 16.5. The third-order valence-corrected chi connectivity index (χ3v) is 6.04. The van der Waals surface area contributed by atoms with Crippen molar-refractivity contribution < 1.29 is 19.4 Å². The molecular weight excluding hydrogens is 460 g/mol. The lowest BCUT2D eigenvalue weighted by atomic mass is 10.1. The average molecular weight is 499 g/mol. The van der Waals surface area contributed by atoms with E-state index in [0.717, 1.165) is 28.0 Å². The lowest BCUT2D eigenvalue weighted by Crippen LogP contribution is -2.45. The van der Waals surface area contributed by atoms with Gasteiger partial charge in [-0.25, -0.2) is 4.98 Å². The number of aromatic nitrogens is 3. The fourth-order valence-corrected chi connectivity index (χ4v) is 4.24. The molecule has 2 N–H and O–H groups in total. The van der Waals surface area contributed by atoms with Gasteiger partial charge in [0.2, 0.25) is 0 Å². The van der Waals surface area contributed by atoms with Crippen molar-refractivity contribution in [2.24, 2.45) is 13.0 Å². The standard InChI is InChI=1S/C27H38N4O5/c1-16(2)14-36-27(34)24(19(5)32)28-12-20-8-9-23-22(11-20)29-25(31(23)18(4)15-35-7)21-10-17(3)26(33)30(6)13-21/h8-11,13,16,18-19,24,28,32H,12,14-15H2,1-7H3/t18-,19-,24-/m0/s1. The molecule has 9 heteroatoms. The summed E-state index contributed by atoms with van der Waals surface area (Å²) in [5, 5.41) is 13.2. The number of pyridine rings is 1. The van der Waals surface area contributed by atoms with E-state index in [9.17, 15) is 14.7 Å². The van der Waals surface area contributed by atoms with Crippen LogP contribution in [0.4, 0.5) is 0 Å². The molecule has 9 nitrogen and oxygen atoms in total. The third-order valence-electron chi connectivity index (χ3n) is 6.04. The molecule has 36 heavy (non-hydrogen) atoms. The molecule has 2 heterocycles. The molecular formula is C27H38N4O5. The van der Waals surface area contributed by atoms with Crippen LogP contribution in [0.2, 0.25) is 0 Å². The van der Waals surface area contributed by atoms with Crippen molar-refractivity contribution in [3.63, 3.8) is 0 Å². The molecule has 3 aromatic rings. The van der Waals surface area contributed by atoms with E-state index in [1.54, 1.807) is 38.8 Å². The van der Waals surface area contributed by atoms with E-state index in [4.69, 9.17) is 14.5 Å². The topological polar surface area (TPSA) is 108 Å². The second kappa shape index (κ2) is 11.8. The van der Waals surface area contributed by atoms with Crippen LogP contribution in [0, 0.1) is 12.8 Å². The number of methoxy groups -OCH3 is 1. The van der Waals surface area contributed by atoms with E-state index in [1.165, 1.54) is 0 Å². The average Bonchev–Trinajstić information content (AvgIpc) is 3.20. The summed E-state index contributed by atoms with van der Waals surface area (Å²) in [5.74, 6) is 0.494. The van der Waals surface area contributed by atoms with Gasteiger partial charge in [-0.3, -0.25) is 14.9 Å². The Morgan fingerprint density at radius 1 is 1.17 bits per heavy atom. The van der Waals surface area contributed by atoms with Gasteiger partial charge < -0.3 is 23.7 Å². The van der Waals surface area contributed by atoms with E-state index in [2.05, 4.69) is 16.8 Å². The number of carbonyl (C=O) groups excluding carboxylic acids is 1. The van der Waals surface area contributed by atoms with Crippen molar-refractivity contribution in [3.8, 4) is 11.4 Å². The number of nitrogens with zero attached hydrogens (tertiary/aromatic N) is 3. The Hall–Kier alpha value is -3.01. The lowest BCUT2D eigenvalue weighted by molar-refractivity contribution is -0.150. The molecule has 0 amide bonds. The summed E-state index contributed by atoms with van der Waals surface area (Å²) in [4.78, 5) is 29.6. The zero-order valence-corrected chi connectivity index (χ0v) is 22.2. The van der Waals surface area contributed by atoms with Gasteiger partial charge in [-0.2, -0.15) is 0 Å². The minimum absolute atomic E-state index is 0.00635. The zero-order chi connectivity index (χ0) is 26.6. The number of rotatable bonds is 11. The summed E-state index contributed by atoms with van der Waals surface area (Å²) in [6.45, 7) is 10.5. The van der Waals surface area contributed by atoms with Gasteiger partial charge in [0.05, 0.1) is 36.4 Å². The van der Waals surface area contributed by atoms with Crippen LogP contribution in [-0.2, 0) is 27.9 Å². The van der Waals surface area contributed by atoms with E-state index in [0.29, 0.717) is 25.3 Å². The molecule has 0 radical (unpaired) electrons. The van der Waals surface area contributed by atoms with Gasteiger partial charge in [0.1, 0.15) is 11.9 Å². The van der Waals surface area contributed by atoms with E-state index >= 15 is 0 Å². The number of ether oxygens (including phenoxy) is 2. The maximum Gasteiger partial charge on any atom is 0.325 e. The molecule has 0 aliphatic rings. The first kappa shape index (κ1) is 27.6. The molecule has 2 aromatic heterocycles. The molecule has 0 spiro atoms. The monoisotopic (exact) mass is 498 g/mol. The minimum atomic E-state index is -0.901. The number of nitrogens with one attached hydrogen (secondary N) is 1. The number of esters is 1. The first-order valence-corrected chi connectivity index (χ1v) is 12.3. The highest BCUT2D eigenvalue weighted by molar-refractivity contribution is 5.81. The number of hydrogen-bond acceptors (Lipinski definition) is 7. The minimum Gasteiger partial charge on any atom is -0.464 e. The largest absolute Gasteiger partial charge is 0.464 e. The summed E-state index contributed by atoms with van der Waals surface area (Å²) >= 11 is 0. The normalized spacial score (nSPS) is 14.2. The van der Waals surface area contributed by atoms with Gasteiger partial charge in [-0.1, -0.05) is 19.9 Å². The first-order chi connectivity index (χ1) is 17.0. The Labute approximate surface area is 212 Å². The number of aliphatic hydroxyl groups excluding tert-OH is 1. The molecule has 0 aliphatic carbocycles. The molecule has 1 aromatic carbocycles. The molecule has 0 fully saturated rings. The van der Waals surface area contributed by atoms with Gasteiger partial charge in [-0.15, -0.1) is 0 Å². The van der Waals surface area contributed by atoms with Crippen molar-refractivity contribution in [2.45, 2.75) is 59.4 Å². The highest BCUT2D eigenvalue weighted by Gasteiger charge is 2.25. The molecule has 0 aliphatic heterocycles. The quantitative estimate of drug-likeness (QED) is 0.391. The molecule has 3 rings (SSSR count). The van der Waals surface area contributed by atoms with E-state index in [1.807, 2.05) is 38.1 Å². The Bertz CT molecular complexity index is 1230. The summed E-state index contributed by atoms with van der Waals surface area (Å²) in [6, 6.07) is 6.97. The van der Waals surface area contributed by atoms with Gasteiger partial charge in [-0.05, 0) is 50.5 Å². The van der Waals surface area contributed by atoms with Crippen LogP contribution in [0.25, 0.3) is 22.4 Å². The maximum atomic E-state index is 12.4. The number of imidazole rings is 1. The Balaban J connectivity index is 1.95. The Kier molecular flexibility index (Phi) is 9.05. The van der Waals surface area contributed by atoms with Crippen LogP contribution in [0.1, 0.15) is 44.9 Å². The van der Waals surface area contributed by atoms with Crippen molar-refractivity contribution in [1.82, 2.24) is 19.4 Å². The second-order valence-electron chi connectivity index (χ2n) is 9.88. The van der Waals surface area contributed by atoms with Crippen molar-refractivity contribution >= 4 is 17.0 Å². The van der Waals surface area contributed by atoms with Crippen LogP contribution in [0.3, 0.4) is 0 Å². The zero-order valence-electron chi connectivity index (χ0n) is 22.2. The van der Waals surface area contributed by atoms with Crippen LogP contribution in [0.15, 0.2) is 35.3 Å². The molecule has 0 saturated heterocycles. The maximum absolute atomic E-state index is 12.4. The number of benzene rings is 1. The third kappa shape index (κ3) is 6.21. The number of aryl methyl sites for hydroxylation is 2. The fraction of sp³-hybridized carbons (Fsp3) is 0.519. The molecule has 0 saturated carbocycles. The van der Waals surface area contributed by atoms with Crippen molar-refractivity contribution in [3.05, 3.63) is 51.9 Å². The van der Waals surface area contributed by atoms with Crippen LogP contribution in [-0.4, -0.2) is 57.7 Å². The SMILES string of the molecule is COC[C@H](C)n1c(-c2cc(C)c(=O)n(C)c2)nc2cc(CN[C@H](C(=O)OCC(C)C)[C@H](C)O)ccc21. The molecule has 0 unspecified atom stereocenters. The number of fused-ring (bicyclic) bond motifs is 1. The summed E-state index contributed by atoms with van der Waals surface area (Å²) < 4.78 is 14.4. The second-order valence-corrected chi connectivity index (χ2v) is 9.88. The van der Waals surface area contributed by atoms with Crippen molar-refractivity contribution in [1.29, 1.82) is 0 Å². The Morgan fingerprint density at radius 3 is 2.50 bits per heavy atom. The van der Waals surface area contributed by atoms with Crippen LogP contribution >= 0.6 is 0 Å². The number of carbonyl (C=O) groups is 1. The summed E-state index contributed by atoms with van der Waals surface area (Å²) in [6.07, 6.45) is 0.896. The van der Waals surface area contributed by atoms with Crippen LogP contribution < -0.4 is 10.9 Å². The lowest BCUT2D eigenvalue weighted by Gasteiger charge is -2.21. The summed E-state index contributed by atoms with van der Waals surface area (Å²) in [7, 11) is 3.40. The van der Waals surface area contributed by atoms with Crippen LogP contribution in [0.5, 0.6) is 0 Å². The smallest absolute Gasteiger partial charge is 0.325 e. The predicted octanol–water partition coefficient (Wildman–Crippen LogP) is 2.96. The van der Waals surface area contributed by atoms with E-state index in [-0.39, 0.29) is 17.5 Å². The molecule has 3 atom stereocenters. The van der Waals surface area contributed by atoms with Gasteiger partial charge >= 0.3 is 5.97 Å².